The zero-order chi connectivity index (χ0) is 8.55. The van der Waals surface area contributed by atoms with Crippen molar-refractivity contribution >= 4 is 7.85 Å². The molecule has 0 spiro atoms. The summed E-state index contributed by atoms with van der Waals surface area (Å²) in [7, 11) is 2.25. The van der Waals surface area contributed by atoms with E-state index in [1.807, 2.05) is 0 Å². The Kier molecular flexibility index (Phi) is 2.08. The molecule has 0 amide bonds. The topological polar surface area (TPSA) is 47.8 Å². The molecule has 0 aromatic rings. The fraction of sp³-hybridized carbons (Fsp3) is 0.875. The van der Waals surface area contributed by atoms with Gasteiger partial charge in [0.1, 0.15) is 7.85 Å². The van der Waals surface area contributed by atoms with Crippen molar-refractivity contribution in [2.45, 2.75) is 18.4 Å². The maximum absolute atomic E-state index is 8.87. The van der Waals surface area contributed by atoms with Crippen LogP contribution in [0.5, 0.6) is 0 Å². The Morgan fingerprint density at radius 1 is 1.33 bits per heavy atom. The average molecular weight is 163 g/mol. The van der Waals surface area contributed by atoms with Crippen molar-refractivity contribution < 1.29 is 0 Å². The molecule has 3 nitrogen and oxygen atoms in total. The van der Waals surface area contributed by atoms with Crippen molar-refractivity contribution in [2.75, 3.05) is 13.1 Å². The van der Waals surface area contributed by atoms with Gasteiger partial charge in [0.25, 0.3) is 0 Å². The highest BCUT2D eigenvalue weighted by atomic mass is 15.2. The minimum absolute atomic E-state index is 0.227. The van der Waals surface area contributed by atoms with Gasteiger partial charge in [-0.15, -0.1) is 0 Å². The van der Waals surface area contributed by atoms with Crippen LogP contribution in [0.2, 0.25) is 5.82 Å². The van der Waals surface area contributed by atoms with E-state index in [0.29, 0.717) is 12.1 Å². The lowest BCUT2D eigenvalue weighted by Crippen LogP contribution is -2.47. The SMILES string of the molecule is BC1CNC2NCC(C#N)C2C1. The maximum Gasteiger partial charge on any atom is 0.107 e. The van der Waals surface area contributed by atoms with Crippen molar-refractivity contribution in [1.82, 2.24) is 10.6 Å². The van der Waals surface area contributed by atoms with Crippen molar-refractivity contribution in [3.05, 3.63) is 0 Å². The predicted molar refractivity (Wildman–Crippen MR) is 49.3 cm³/mol. The zero-order valence-electron chi connectivity index (χ0n) is 7.38. The fourth-order valence-electron chi connectivity index (χ4n) is 2.33. The van der Waals surface area contributed by atoms with Crippen molar-refractivity contribution in [3.63, 3.8) is 0 Å². The summed E-state index contributed by atoms with van der Waals surface area (Å²) in [5.41, 5.74) is 0. The Morgan fingerprint density at radius 2 is 2.08 bits per heavy atom. The van der Waals surface area contributed by atoms with Gasteiger partial charge >= 0.3 is 0 Å². The summed E-state index contributed by atoms with van der Waals surface area (Å²) in [4.78, 5) is 0. The number of nitriles is 1. The normalized spacial score (nSPS) is 46.6. The van der Waals surface area contributed by atoms with Crippen LogP contribution in [0.25, 0.3) is 0 Å². The lowest BCUT2D eigenvalue weighted by atomic mass is 9.74. The van der Waals surface area contributed by atoms with Crippen LogP contribution in [-0.4, -0.2) is 27.1 Å². The molecule has 0 saturated carbocycles. The summed E-state index contributed by atoms with van der Waals surface area (Å²) in [5.74, 6) is 1.49. The van der Waals surface area contributed by atoms with Gasteiger partial charge in [0.2, 0.25) is 0 Å². The van der Waals surface area contributed by atoms with Gasteiger partial charge in [0.15, 0.2) is 0 Å². The molecule has 64 valence electrons. The van der Waals surface area contributed by atoms with E-state index in [-0.39, 0.29) is 5.92 Å². The number of nitrogens with zero attached hydrogens (tertiary/aromatic N) is 1. The molecule has 2 fully saturated rings. The summed E-state index contributed by atoms with van der Waals surface area (Å²) in [5, 5.41) is 15.7. The highest BCUT2D eigenvalue weighted by Gasteiger charge is 2.38. The maximum atomic E-state index is 8.87. The van der Waals surface area contributed by atoms with Crippen molar-refractivity contribution in [1.29, 1.82) is 5.26 Å². The molecule has 12 heavy (non-hydrogen) atoms. The second kappa shape index (κ2) is 3.08. The zero-order valence-corrected chi connectivity index (χ0v) is 7.38. The molecule has 2 N–H and O–H groups in total. The molecule has 0 radical (unpaired) electrons. The van der Waals surface area contributed by atoms with Crippen LogP contribution in [0, 0.1) is 23.2 Å². The Labute approximate surface area is 73.9 Å². The Morgan fingerprint density at radius 3 is 2.83 bits per heavy atom. The molecular formula is C8H14BN3. The van der Waals surface area contributed by atoms with E-state index >= 15 is 0 Å². The Hall–Kier alpha value is -0.525. The number of hydrogen-bond donors (Lipinski definition) is 2. The van der Waals surface area contributed by atoms with E-state index in [1.165, 1.54) is 6.42 Å². The lowest BCUT2D eigenvalue weighted by molar-refractivity contribution is 0.280. The van der Waals surface area contributed by atoms with Crippen LogP contribution in [0.15, 0.2) is 0 Å². The first-order valence-electron chi connectivity index (χ1n) is 4.67. The lowest BCUT2D eigenvalue weighted by Gasteiger charge is -2.31. The number of piperidine rings is 1. The summed E-state index contributed by atoms with van der Waals surface area (Å²) >= 11 is 0. The van der Waals surface area contributed by atoms with E-state index in [0.717, 1.165) is 18.9 Å². The fourth-order valence-corrected chi connectivity index (χ4v) is 2.33. The summed E-state index contributed by atoms with van der Waals surface area (Å²) in [6.45, 7) is 1.96. The third kappa shape index (κ3) is 1.23. The molecular weight excluding hydrogens is 149 g/mol. The number of rotatable bonds is 0. The van der Waals surface area contributed by atoms with E-state index in [1.54, 1.807) is 0 Å². The smallest absolute Gasteiger partial charge is 0.107 e. The highest BCUT2D eigenvalue weighted by Crippen LogP contribution is 2.31. The third-order valence-corrected chi connectivity index (χ3v) is 3.03. The Balaban J connectivity index is 2.06. The van der Waals surface area contributed by atoms with Crippen LogP contribution in [-0.2, 0) is 0 Å². The van der Waals surface area contributed by atoms with Crippen molar-refractivity contribution in [3.8, 4) is 6.07 Å². The Bertz CT molecular complexity index is 213. The first-order chi connectivity index (χ1) is 5.81. The summed E-state index contributed by atoms with van der Waals surface area (Å²) in [6.07, 6.45) is 1.61. The molecule has 2 heterocycles. The van der Waals surface area contributed by atoms with Gasteiger partial charge in [-0.3, -0.25) is 0 Å². The molecule has 2 saturated heterocycles. The molecule has 0 aromatic heterocycles. The van der Waals surface area contributed by atoms with Gasteiger partial charge in [0.05, 0.1) is 18.2 Å². The van der Waals surface area contributed by atoms with Crippen LogP contribution in [0.1, 0.15) is 6.42 Å². The van der Waals surface area contributed by atoms with Crippen LogP contribution >= 0.6 is 0 Å². The second-order valence-electron chi connectivity index (χ2n) is 4.03. The molecule has 0 aromatic carbocycles. The van der Waals surface area contributed by atoms with Gasteiger partial charge in [-0.25, -0.2) is 0 Å². The molecule has 0 bridgehead atoms. The first-order valence-corrected chi connectivity index (χ1v) is 4.67. The van der Waals surface area contributed by atoms with E-state index < -0.39 is 0 Å². The molecule has 0 aliphatic carbocycles. The molecule has 4 heteroatoms. The molecule has 2 aliphatic heterocycles. The number of hydrogen-bond acceptors (Lipinski definition) is 3. The second-order valence-corrected chi connectivity index (χ2v) is 4.03. The standard InChI is InChI=1S/C8H14BN3/c9-6-1-7-5(2-10)3-11-8(7)12-4-6/h5-8,11-12H,1,3-4,9H2. The summed E-state index contributed by atoms with van der Waals surface area (Å²) < 4.78 is 0. The minimum atomic E-state index is 0.227. The van der Waals surface area contributed by atoms with E-state index in [2.05, 4.69) is 24.5 Å². The monoisotopic (exact) mass is 163 g/mol. The van der Waals surface area contributed by atoms with E-state index in [9.17, 15) is 0 Å². The molecule has 4 atom stereocenters. The highest BCUT2D eigenvalue weighted by molar-refractivity contribution is 6.11. The number of nitrogens with one attached hydrogen (secondary N) is 2. The first kappa shape index (κ1) is 8.09. The van der Waals surface area contributed by atoms with Crippen LogP contribution in [0.4, 0.5) is 0 Å². The van der Waals surface area contributed by atoms with Crippen molar-refractivity contribution in [2.24, 2.45) is 11.8 Å². The van der Waals surface area contributed by atoms with Gasteiger partial charge in [0, 0.05) is 12.5 Å². The molecule has 4 unspecified atom stereocenters. The van der Waals surface area contributed by atoms with Crippen LogP contribution < -0.4 is 10.6 Å². The summed E-state index contributed by atoms with van der Waals surface area (Å²) in [6, 6.07) is 2.38. The van der Waals surface area contributed by atoms with Crippen LogP contribution in [0.3, 0.4) is 0 Å². The van der Waals surface area contributed by atoms with E-state index in [4.69, 9.17) is 5.26 Å². The van der Waals surface area contributed by atoms with Gasteiger partial charge in [-0.1, -0.05) is 5.82 Å². The van der Waals surface area contributed by atoms with Gasteiger partial charge < -0.3 is 10.6 Å². The third-order valence-electron chi connectivity index (χ3n) is 3.03. The number of fused-ring (bicyclic) bond motifs is 1. The van der Waals surface area contributed by atoms with Gasteiger partial charge in [-0.05, 0) is 13.0 Å². The largest absolute Gasteiger partial charge is 0.302 e. The van der Waals surface area contributed by atoms with Gasteiger partial charge in [-0.2, -0.15) is 5.26 Å². The predicted octanol–water partition coefficient (Wildman–Crippen LogP) is -0.913. The quantitative estimate of drug-likeness (QED) is 0.454. The molecule has 2 rings (SSSR count). The average Bonchev–Trinajstić information content (AvgIpc) is 2.46. The molecule has 2 aliphatic rings. The minimum Gasteiger partial charge on any atom is -0.302 e.